The molecule has 1 N–H and O–H groups in total. The number of furan rings is 1. The zero-order chi connectivity index (χ0) is 22.0. The third kappa shape index (κ3) is 4.68. The van der Waals surface area contributed by atoms with Crippen molar-refractivity contribution in [1.82, 2.24) is 0 Å². The standard InChI is InChI=1S/C25H22ClNO3S/c1-17-7-14-21(15-8-17)31(28,29)27-23-6-4-3-5-22(23)25(24-16-9-18(2)30-24)19-10-12-20(26)13-11-19/h3-16,25,27H,1-2H3/t25-/m0/s1. The maximum absolute atomic E-state index is 13.1. The maximum Gasteiger partial charge on any atom is 0.261 e. The van der Waals surface area contributed by atoms with Crippen molar-refractivity contribution in [3.8, 4) is 0 Å². The Kier molecular flexibility index (Phi) is 5.90. The molecule has 0 aliphatic heterocycles. The average molecular weight is 452 g/mol. The number of para-hydroxylation sites is 1. The molecule has 4 rings (SSSR count). The number of hydrogen-bond donors (Lipinski definition) is 1. The Hall–Kier alpha value is -3.02. The highest BCUT2D eigenvalue weighted by molar-refractivity contribution is 7.92. The summed E-state index contributed by atoms with van der Waals surface area (Å²) in [7, 11) is -3.75. The fraction of sp³-hybridized carbons (Fsp3) is 0.120. The van der Waals surface area contributed by atoms with E-state index in [9.17, 15) is 8.42 Å². The number of hydrogen-bond acceptors (Lipinski definition) is 3. The van der Waals surface area contributed by atoms with E-state index >= 15 is 0 Å². The molecule has 3 aromatic carbocycles. The summed E-state index contributed by atoms with van der Waals surface area (Å²) in [6, 6.07) is 25.4. The highest BCUT2D eigenvalue weighted by atomic mass is 35.5. The van der Waals surface area contributed by atoms with E-state index in [0.29, 0.717) is 10.7 Å². The summed E-state index contributed by atoms with van der Waals surface area (Å²) in [5, 5.41) is 0.631. The monoisotopic (exact) mass is 451 g/mol. The van der Waals surface area contributed by atoms with E-state index in [-0.39, 0.29) is 10.8 Å². The van der Waals surface area contributed by atoms with Crippen molar-refractivity contribution in [1.29, 1.82) is 0 Å². The Balaban J connectivity index is 1.80. The minimum absolute atomic E-state index is 0.213. The quantitative estimate of drug-likeness (QED) is 0.362. The molecule has 0 spiro atoms. The fourth-order valence-corrected chi connectivity index (χ4v) is 4.74. The summed E-state index contributed by atoms with van der Waals surface area (Å²) in [6.07, 6.45) is 0. The number of anilines is 1. The van der Waals surface area contributed by atoms with Crippen LogP contribution in [0.25, 0.3) is 0 Å². The Morgan fingerprint density at radius 2 is 1.52 bits per heavy atom. The first kappa shape index (κ1) is 21.2. The molecule has 0 aliphatic carbocycles. The van der Waals surface area contributed by atoms with Crippen molar-refractivity contribution < 1.29 is 12.8 Å². The highest BCUT2D eigenvalue weighted by Crippen LogP contribution is 2.38. The van der Waals surface area contributed by atoms with Gasteiger partial charge in [-0.2, -0.15) is 0 Å². The van der Waals surface area contributed by atoms with Gasteiger partial charge < -0.3 is 4.42 Å². The number of rotatable bonds is 6. The number of halogens is 1. The molecule has 4 nitrogen and oxygen atoms in total. The van der Waals surface area contributed by atoms with Crippen LogP contribution in [0.3, 0.4) is 0 Å². The van der Waals surface area contributed by atoms with Gasteiger partial charge in [0.05, 0.1) is 16.5 Å². The molecule has 4 aromatic rings. The van der Waals surface area contributed by atoms with E-state index in [4.69, 9.17) is 16.0 Å². The molecule has 1 atom stereocenters. The van der Waals surface area contributed by atoms with Crippen molar-refractivity contribution in [2.75, 3.05) is 4.72 Å². The van der Waals surface area contributed by atoms with Gasteiger partial charge in [-0.05, 0) is 67.4 Å². The molecule has 0 amide bonds. The minimum atomic E-state index is -3.75. The molecule has 0 radical (unpaired) electrons. The number of nitrogens with one attached hydrogen (secondary N) is 1. The minimum Gasteiger partial charge on any atom is -0.465 e. The van der Waals surface area contributed by atoms with Crippen LogP contribution in [-0.4, -0.2) is 8.42 Å². The Labute approximate surface area is 187 Å². The van der Waals surface area contributed by atoms with Crippen LogP contribution in [0, 0.1) is 13.8 Å². The van der Waals surface area contributed by atoms with Gasteiger partial charge in [0.2, 0.25) is 0 Å². The molecule has 158 valence electrons. The lowest BCUT2D eigenvalue weighted by atomic mass is 9.88. The van der Waals surface area contributed by atoms with Crippen LogP contribution < -0.4 is 4.72 Å². The Morgan fingerprint density at radius 1 is 0.839 bits per heavy atom. The van der Waals surface area contributed by atoms with Crippen LogP contribution in [0.4, 0.5) is 5.69 Å². The molecule has 0 saturated heterocycles. The predicted molar refractivity (Wildman–Crippen MR) is 124 cm³/mol. The van der Waals surface area contributed by atoms with E-state index in [1.54, 1.807) is 30.3 Å². The molecular formula is C25H22ClNO3S. The highest BCUT2D eigenvalue weighted by Gasteiger charge is 2.25. The van der Waals surface area contributed by atoms with Crippen LogP contribution in [0.5, 0.6) is 0 Å². The average Bonchev–Trinajstić information content (AvgIpc) is 3.17. The van der Waals surface area contributed by atoms with E-state index in [2.05, 4.69) is 4.72 Å². The second-order valence-electron chi connectivity index (χ2n) is 7.44. The SMILES string of the molecule is Cc1ccc(S(=O)(=O)Nc2ccccc2[C@H](c2ccc(Cl)cc2)c2ccc(C)o2)cc1. The van der Waals surface area contributed by atoms with Gasteiger partial charge >= 0.3 is 0 Å². The van der Waals surface area contributed by atoms with E-state index in [1.807, 2.05) is 68.4 Å². The molecule has 1 heterocycles. The molecule has 6 heteroatoms. The molecule has 1 aromatic heterocycles. The van der Waals surface area contributed by atoms with Gasteiger partial charge in [-0.3, -0.25) is 4.72 Å². The van der Waals surface area contributed by atoms with Crippen molar-refractivity contribution in [3.63, 3.8) is 0 Å². The maximum atomic E-state index is 13.1. The molecule has 31 heavy (non-hydrogen) atoms. The summed E-state index contributed by atoms with van der Waals surface area (Å²) in [4.78, 5) is 0.213. The lowest BCUT2D eigenvalue weighted by Gasteiger charge is -2.20. The third-order valence-electron chi connectivity index (χ3n) is 5.10. The van der Waals surface area contributed by atoms with E-state index in [1.165, 1.54) is 0 Å². The number of benzene rings is 3. The zero-order valence-electron chi connectivity index (χ0n) is 17.2. The smallest absolute Gasteiger partial charge is 0.261 e. The van der Waals surface area contributed by atoms with Gasteiger partial charge in [-0.15, -0.1) is 0 Å². The topological polar surface area (TPSA) is 59.3 Å². The molecule has 0 unspecified atom stereocenters. The van der Waals surface area contributed by atoms with E-state index < -0.39 is 10.0 Å². The van der Waals surface area contributed by atoms with E-state index in [0.717, 1.165) is 28.2 Å². The molecule has 0 saturated carbocycles. The predicted octanol–water partition coefficient (Wildman–Crippen LogP) is 6.53. The van der Waals surface area contributed by atoms with Crippen molar-refractivity contribution in [3.05, 3.63) is 118 Å². The lowest BCUT2D eigenvalue weighted by molar-refractivity contribution is 0.478. The second kappa shape index (κ2) is 8.61. The Morgan fingerprint density at radius 3 is 2.16 bits per heavy atom. The first-order valence-corrected chi connectivity index (χ1v) is 11.7. The first-order valence-electron chi connectivity index (χ1n) is 9.84. The van der Waals surface area contributed by atoms with Crippen LogP contribution in [0.2, 0.25) is 5.02 Å². The summed E-state index contributed by atoms with van der Waals surface area (Å²) in [6.45, 7) is 3.80. The van der Waals surface area contributed by atoms with Gasteiger partial charge in [0.1, 0.15) is 11.5 Å². The van der Waals surface area contributed by atoms with Gasteiger partial charge in [0, 0.05) is 5.02 Å². The summed E-state index contributed by atoms with van der Waals surface area (Å²) in [5.41, 5.74) is 3.23. The van der Waals surface area contributed by atoms with Gasteiger partial charge in [0.15, 0.2) is 0 Å². The second-order valence-corrected chi connectivity index (χ2v) is 9.56. The van der Waals surface area contributed by atoms with Crippen LogP contribution >= 0.6 is 11.6 Å². The summed E-state index contributed by atoms with van der Waals surface area (Å²) >= 11 is 6.09. The number of aryl methyl sites for hydroxylation is 2. The van der Waals surface area contributed by atoms with Crippen LogP contribution in [-0.2, 0) is 10.0 Å². The Bertz CT molecular complexity index is 1290. The van der Waals surface area contributed by atoms with Gasteiger partial charge in [-0.25, -0.2) is 8.42 Å². The van der Waals surface area contributed by atoms with Crippen LogP contribution in [0.15, 0.2) is 94.2 Å². The third-order valence-corrected chi connectivity index (χ3v) is 6.73. The van der Waals surface area contributed by atoms with Crippen LogP contribution in [0.1, 0.15) is 34.1 Å². The zero-order valence-corrected chi connectivity index (χ0v) is 18.7. The van der Waals surface area contributed by atoms with Crippen molar-refractivity contribution in [2.45, 2.75) is 24.7 Å². The number of sulfonamides is 1. The van der Waals surface area contributed by atoms with Gasteiger partial charge in [0.25, 0.3) is 10.0 Å². The molecule has 0 aliphatic rings. The van der Waals surface area contributed by atoms with Gasteiger partial charge in [-0.1, -0.05) is 59.6 Å². The molecular weight excluding hydrogens is 430 g/mol. The lowest BCUT2D eigenvalue weighted by Crippen LogP contribution is -2.15. The summed E-state index contributed by atoms with van der Waals surface area (Å²) in [5.74, 6) is 1.20. The van der Waals surface area contributed by atoms with Crippen molar-refractivity contribution in [2.24, 2.45) is 0 Å². The normalized spacial score (nSPS) is 12.5. The molecule has 0 fully saturated rings. The van der Waals surface area contributed by atoms with Crippen molar-refractivity contribution >= 4 is 27.3 Å². The largest absolute Gasteiger partial charge is 0.465 e. The fourth-order valence-electron chi connectivity index (χ4n) is 3.52. The summed E-state index contributed by atoms with van der Waals surface area (Å²) < 4.78 is 34.8. The molecule has 0 bridgehead atoms. The first-order chi connectivity index (χ1) is 14.8.